The van der Waals surface area contributed by atoms with E-state index in [9.17, 15) is 4.57 Å². The molecular formula is C7H14LiO4P. The molecule has 0 saturated heterocycles. The van der Waals surface area contributed by atoms with Crippen molar-refractivity contribution in [3.63, 3.8) is 0 Å². The molecule has 0 fully saturated rings. The van der Waals surface area contributed by atoms with Gasteiger partial charge in [-0.15, -0.1) is 6.61 Å². The summed E-state index contributed by atoms with van der Waals surface area (Å²) in [4.78, 5) is 0. The van der Waals surface area contributed by atoms with Gasteiger partial charge in [0, 0.05) is 0 Å². The summed E-state index contributed by atoms with van der Waals surface area (Å²) in [5.41, 5.74) is 0. The van der Waals surface area contributed by atoms with E-state index in [4.69, 9.17) is 13.6 Å². The van der Waals surface area contributed by atoms with E-state index in [-0.39, 0.29) is 32.1 Å². The standard InChI is InChI=1S/C7H14O4P.Li/c1-4-7-11-12(8,9-5-2)10-6-3;/h4,7H,1,5-6H2,2-3H3;/q-1;+1. The van der Waals surface area contributed by atoms with Gasteiger partial charge in [0.25, 0.3) is 0 Å². The van der Waals surface area contributed by atoms with E-state index < -0.39 is 7.82 Å². The fourth-order valence-electron chi connectivity index (χ4n) is 0.532. The average Bonchev–Trinajstić information content (AvgIpc) is 2.02. The minimum absolute atomic E-state index is 0. The van der Waals surface area contributed by atoms with E-state index >= 15 is 0 Å². The van der Waals surface area contributed by atoms with Gasteiger partial charge in [-0.25, -0.2) is 17.2 Å². The van der Waals surface area contributed by atoms with Gasteiger partial charge in [-0.05, 0) is 13.8 Å². The zero-order valence-electron chi connectivity index (χ0n) is 8.36. The van der Waals surface area contributed by atoms with Crippen LogP contribution in [-0.2, 0) is 18.1 Å². The van der Waals surface area contributed by atoms with Crippen molar-refractivity contribution >= 4 is 7.82 Å². The molecule has 0 saturated carbocycles. The molecule has 0 radical (unpaired) electrons. The fraction of sp³-hybridized carbons (Fsp3) is 0.571. The van der Waals surface area contributed by atoms with Gasteiger partial charge in [-0.1, -0.05) is 0 Å². The van der Waals surface area contributed by atoms with E-state index in [1.165, 1.54) is 12.7 Å². The molecule has 0 rings (SSSR count). The molecule has 0 spiro atoms. The quantitative estimate of drug-likeness (QED) is 0.317. The maximum atomic E-state index is 11.4. The Morgan fingerprint density at radius 1 is 1.38 bits per heavy atom. The molecule has 0 aliphatic heterocycles. The smallest absolute Gasteiger partial charge is 0.353 e. The van der Waals surface area contributed by atoms with E-state index in [1.807, 2.05) is 0 Å². The second kappa shape index (κ2) is 8.90. The Morgan fingerprint density at radius 2 is 1.85 bits per heavy atom. The predicted molar refractivity (Wildman–Crippen MR) is 46.4 cm³/mol. The number of rotatable bonds is 7. The summed E-state index contributed by atoms with van der Waals surface area (Å²) in [6.07, 6.45) is 1.37. The van der Waals surface area contributed by atoms with Gasteiger partial charge < -0.3 is 4.52 Å². The number of hydrogen-bond acceptors (Lipinski definition) is 4. The Kier molecular flexibility index (Phi) is 10.8. The molecule has 0 aromatic rings. The minimum Gasteiger partial charge on any atom is -0.353 e. The zero-order valence-corrected chi connectivity index (χ0v) is 9.25. The molecule has 13 heavy (non-hydrogen) atoms. The largest absolute Gasteiger partial charge is 1.00 e. The van der Waals surface area contributed by atoms with Crippen molar-refractivity contribution in [3.8, 4) is 0 Å². The molecule has 0 aromatic carbocycles. The van der Waals surface area contributed by atoms with Crippen LogP contribution in [-0.4, -0.2) is 13.2 Å². The van der Waals surface area contributed by atoms with Crippen molar-refractivity contribution in [1.82, 2.24) is 0 Å². The van der Waals surface area contributed by atoms with Crippen LogP contribution in [0.2, 0.25) is 0 Å². The molecule has 0 aromatic heterocycles. The Labute approximate surface area is 91.4 Å². The first-order chi connectivity index (χ1) is 5.68. The van der Waals surface area contributed by atoms with Crippen molar-refractivity contribution in [2.24, 2.45) is 0 Å². The van der Waals surface area contributed by atoms with Crippen LogP contribution in [0.3, 0.4) is 0 Å². The summed E-state index contributed by atoms with van der Waals surface area (Å²) in [5.74, 6) is 0. The van der Waals surface area contributed by atoms with Crippen molar-refractivity contribution in [2.45, 2.75) is 13.8 Å². The van der Waals surface area contributed by atoms with Gasteiger partial charge >= 0.3 is 26.7 Å². The first-order valence-corrected chi connectivity index (χ1v) is 5.16. The minimum atomic E-state index is -3.36. The maximum absolute atomic E-state index is 11.4. The van der Waals surface area contributed by atoms with E-state index in [1.54, 1.807) is 13.8 Å². The molecule has 0 bridgehead atoms. The van der Waals surface area contributed by atoms with Gasteiger partial charge in [0.05, 0.1) is 13.2 Å². The van der Waals surface area contributed by atoms with E-state index in [0.717, 1.165) is 0 Å². The van der Waals surface area contributed by atoms with Crippen LogP contribution in [0.15, 0.2) is 12.7 Å². The molecule has 72 valence electrons. The van der Waals surface area contributed by atoms with Crippen LogP contribution in [0.4, 0.5) is 0 Å². The Morgan fingerprint density at radius 3 is 2.15 bits per heavy atom. The van der Waals surface area contributed by atoms with Gasteiger partial charge in [0.1, 0.15) is 0 Å². The fourth-order valence-corrected chi connectivity index (χ4v) is 1.60. The summed E-state index contributed by atoms with van der Waals surface area (Å²) in [7, 11) is -3.36. The van der Waals surface area contributed by atoms with Gasteiger partial charge in [-0.2, -0.15) is 0 Å². The van der Waals surface area contributed by atoms with Gasteiger partial charge in [0.15, 0.2) is 0 Å². The van der Waals surface area contributed by atoms with Crippen molar-refractivity contribution in [3.05, 3.63) is 19.3 Å². The predicted octanol–water partition coefficient (Wildman–Crippen LogP) is -0.464. The Hall–Kier alpha value is 0.317. The van der Waals surface area contributed by atoms with Crippen LogP contribution in [0.25, 0.3) is 0 Å². The van der Waals surface area contributed by atoms with Crippen LogP contribution in [0.5, 0.6) is 0 Å². The zero-order chi connectivity index (χ0) is 9.45. The average molecular weight is 200 g/mol. The molecular weight excluding hydrogens is 186 g/mol. The van der Waals surface area contributed by atoms with E-state index in [2.05, 4.69) is 6.58 Å². The van der Waals surface area contributed by atoms with Crippen LogP contribution >= 0.6 is 7.82 Å². The normalized spacial score (nSPS) is 10.3. The third kappa shape index (κ3) is 7.39. The van der Waals surface area contributed by atoms with Crippen LogP contribution in [0.1, 0.15) is 13.8 Å². The monoisotopic (exact) mass is 200 g/mol. The summed E-state index contributed by atoms with van der Waals surface area (Å²) in [6, 6.07) is 0. The van der Waals surface area contributed by atoms with Gasteiger partial charge in [0.2, 0.25) is 0 Å². The molecule has 0 atom stereocenters. The number of phosphoric acid groups is 1. The maximum Gasteiger partial charge on any atom is 1.00 e. The number of hydrogen-bond donors (Lipinski definition) is 0. The van der Waals surface area contributed by atoms with Crippen molar-refractivity contribution < 1.29 is 37.0 Å². The van der Waals surface area contributed by atoms with Crippen LogP contribution in [0, 0.1) is 6.61 Å². The molecule has 6 heteroatoms. The summed E-state index contributed by atoms with van der Waals surface area (Å²) in [5, 5.41) is 0. The third-order valence-corrected chi connectivity index (χ3v) is 2.39. The summed E-state index contributed by atoms with van der Waals surface area (Å²) < 4.78 is 25.8. The Balaban J connectivity index is 0. The molecule has 0 unspecified atom stereocenters. The first-order valence-electron chi connectivity index (χ1n) is 3.70. The summed E-state index contributed by atoms with van der Waals surface area (Å²) in [6.45, 7) is 8.54. The number of phosphoric ester groups is 1. The molecule has 0 aliphatic carbocycles. The summed E-state index contributed by atoms with van der Waals surface area (Å²) >= 11 is 0. The van der Waals surface area contributed by atoms with Crippen LogP contribution < -0.4 is 18.9 Å². The topological polar surface area (TPSA) is 44.8 Å². The molecule has 4 nitrogen and oxygen atoms in total. The second-order valence-electron chi connectivity index (χ2n) is 1.76. The SMILES string of the molecule is C=C[CH-]OP(=O)(OCC)OCC.[Li+]. The second-order valence-corrected chi connectivity index (χ2v) is 3.38. The molecule has 0 aliphatic rings. The van der Waals surface area contributed by atoms with Gasteiger partial charge in [-0.3, -0.25) is 9.05 Å². The molecule has 0 N–H and O–H groups in total. The van der Waals surface area contributed by atoms with Crippen molar-refractivity contribution in [1.29, 1.82) is 0 Å². The van der Waals surface area contributed by atoms with Crippen molar-refractivity contribution in [2.75, 3.05) is 13.2 Å². The molecule has 0 heterocycles. The Bertz CT molecular complexity index is 164. The molecule has 0 amide bonds. The third-order valence-electron chi connectivity index (χ3n) is 0.861. The van der Waals surface area contributed by atoms with E-state index in [0.29, 0.717) is 0 Å². The first kappa shape index (κ1) is 15.8.